The molecule has 1 aliphatic carbocycles. The summed E-state index contributed by atoms with van der Waals surface area (Å²) in [5.41, 5.74) is 7.13. The van der Waals surface area contributed by atoms with Crippen LogP contribution in [0.25, 0.3) is 11.1 Å². The van der Waals surface area contributed by atoms with Crippen molar-refractivity contribution in [3.8, 4) is 16.9 Å². The number of fused-ring (bicyclic) bond motifs is 3. The van der Waals surface area contributed by atoms with E-state index in [4.69, 9.17) is 4.74 Å². The summed E-state index contributed by atoms with van der Waals surface area (Å²) in [6.45, 7) is 4.66. The molecule has 0 saturated heterocycles. The van der Waals surface area contributed by atoms with Gasteiger partial charge in [-0.05, 0) is 59.9 Å². The fourth-order valence-corrected chi connectivity index (χ4v) is 3.26. The first-order chi connectivity index (χ1) is 11.6. The molecular weight excluding hydrogens is 296 g/mol. The van der Waals surface area contributed by atoms with Crippen LogP contribution >= 0.6 is 0 Å². The van der Waals surface area contributed by atoms with Gasteiger partial charge < -0.3 is 4.74 Å². The van der Waals surface area contributed by atoms with Crippen molar-refractivity contribution in [3.05, 3.63) is 88.5 Å². The van der Waals surface area contributed by atoms with E-state index in [-0.39, 0.29) is 5.78 Å². The summed E-state index contributed by atoms with van der Waals surface area (Å²) in [5.74, 6) is 0.821. The van der Waals surface area contributed by atoms with E-state index in [1.807, 2.05) is 60.7 Å². The second-order valence-corrected chi connectivity index (χ2v) is 6.24. The SMILES string of the molecule is Cc1ccc2c(c1C)-c1ccc(OCc3ccccc3)cc1C2=O. The predicted molar refractivity (Wildman–Crippen MR) is 95.6 cm³/mol. The zero-order valence-electron chi connectivity index (χ0n) is 13.8. The van der Waals surface area contributed by atoms with Gasteiger partial charge in [0, 0.05) is 11.1 Å². The molecule has 0 amide bonds. The van der Waals surface area contributed by atoms with Gasteiger partial charge in [-0.15, -0.1) is 0 Å². The van der Waals surface area contributed by atoms with Gasteiger partial charge in [-0.1, -0.05) is 42.5 Å². The highest BCUT2D eigenvalue weighted by atomic mass is 16.5. The number of carbonyl (C=O) groups is 1. The second kappa shape index (κ2) is 5.64. The highest BCUT2D eigenvalue weighted by Gasteiger charge is 2.28. The number of hydrogen-bond donors (Lipinski definition) is 0. The van der Waals surface area contributed by atoms with Gasteiger partial charge in [0.25, 0.3) is 0 Å². The topological polar surface area (TPSA) is 26.3 Å². The Labute approximate surface area is 141 Å². The Morgan fingerprint density at radius 3 is 2.38 bits per heavy atom. The maximum absolute atomic E-state index is 12.7. The van der Waals surface area contributed by atoms with Crippen molar-refractivity contribution in [3.63, 3.8) is 0 Å². The van der Waals surface area contributed by atoms with Crippen molar-refractivity contribution >= 4 is 5.78 Å². The minimum atomic E-state index is 0.0910. The van der Waals surface area contributed by atoms with Crippen LogP contribution in [-0.4, -0.2) is 5.78 Å². The summed E-state index contributed by atoms with van der Waals surface area (Å²) < 4.78 is 5.87. The lowest BCUT2D eigenvalue weighted by Gasteiger charge is -2.09. The van der Waals surface area contributed by atoms with Crippen molar-refractivity contribution in [2.75, 3.05) is 0 Å². The molecule has 2 heteroatoms. The van der Waals surface area contributed by atoms with E-state index < -0.39 is 0 Å². The number of carbonyl (C=O) groups excluding carboxylic acids is 1. The molecule has 3 aromatic rings. The molecule has 0 N–H and O–H groups in total. The molecule has 0 bridgehead atoms. The van der Waals surface area contributed by atoms with E-state index in [1.54, 1.807) is 0 Å². The van der Waals surface area contributed by atoms with E-state index >= 15 is 0 Å². The molecule has 0 saturated carbocycles. The van der Waals surface area contributed by atoms with Crippen LogP contribution in [0.5, 0.6) is 5.75 Å². The van der Waals surface area contributed by atoms with Crippen molar-refractivity contribution in [2.24, 2.45) is 0 Å². The van der Waals surface area contributed by atoms with Crippen LogP contribution in [0.15, 0.2) is 60.7 Å². The van der Waals surface area contributed by atoms with Gasteiger partial charge in [0.2, 0.25) is 0 Å². The van der Waals surface area contributed by atoms with Gasteiger partial charge in [-0.2, -0.15) is 0 Å². The van der Waals surface area contributed by atoms with Crippen molar-refractivity contribution < 1.29 is 9.53 Å². The fraction of sp³-hybridized carbons (Fsp3) is 0.136. The van der Waals surface area contributed by atoms with Crippen molar-refractivity contribution in [1.29, 1.82) is 0 Å². The van der Waals surface area contributed by atoms with Gasteiger partial charge >= 0.3 is 0 Å². The molecule has 4 rings (SSSR count). The Morgan fingerprint density at radius 1 is 0.833 bits per heavy atom. The van der Waals surface area contributed by atoms with Gasteiger partial charge in [-0.3, -0.25) is 4.79 Å². The van der Waals surface area contributed by atoms with Crippen LogP contribution in [0.1, 0.15) is 32.6 Å². The molecule has 0 unspecified atom stereocenters. The van der Waals surface area contributed by atoms with Crippen LogP contribution in [0.4, 0.5) is 0 Å². The third-order valence-electron chi connectivity index (χ3n) is 4.73. The van der Waals surface area contributed by atoms with Gasteiger partial charge in [0.1, 0.15) is 12.4 Å². The predicted octanol–water partition coefficient (Wildman–Crippen LogP) is 5.09. The van der Waals surface area contributed by atoms with Crippen molar-refractivity contribution in [1.82, 2.24) is 0 Å². The summed E-state index contributed by atoms with van der Waals surface area (Å²) in [6, 6.07) is 19.8. The molecule has 3 aromatic carbocycles. The number of benzene rings is 3. The molecular formula is C22H18O2. The Bertz CT molecular complexity index is 940. The number of ether oxygens (including phenoxy) is 1. The summed E-state index contributed by atoms with van der Waals surface area (Å²) >= 11 is 0. The Kier molecular flexibility index (Phi) is 3.46. The van der Waals surface area contributed by atoms with Crippen LogP contribution < -0.4 is 4.74 Å². The first kappa shape index (κ1) is 14.7. The highest BCUT2D eigenvalue weighted by Crippen LogP contribution is 2.41. The molecule has 0 spiro atoms. The lowest BCUT2D eigenvalue weighted by molar-refractivity contribution is 0.104. The smallest absolute Gasteiger partial charge is 0.194 e. The third kappa shape index (κ3) is 2.31. The summed E-state index contributed by atoms with van der Waals surface area (Å²) in [7, 11) is 0. The minimum absolute atomic E-state index is 0.0910. The monoisotopic (exact) mass is 314 g/mol. The van der Waals surface area contributed by atoms with Crippen molar-refractivity contribution in [2.45, 2.75) is 20.5 Å². The molecule has 24 heavy (non-hydrogen) atoms. The molecule has 0 heterocycles. The number of hydrogen-bond acceptors (Lipinski definition) is 2. The third-order valence-corrected chi connectivity index (χ3v) is 4.73. The molecule has 0 radical (unpaired) electrons. The summed E-state index contributed by atoms with van der Waals surface area (Å²) in [5, 5.41) is 0. The Morgan fingerprint density at radius 2 is 1.58 bits per heavy atom. The average Bonchev–Trinajstić information content (AvgIpc) is 2.90. The number of ketones is 1. The molecule has 0 aliphatic heterocycles. The molecule has 2 nitrogen and oxygen atoms in total. The molecule has 0 aromatic heterocycles. The molecule has 0 atom stereocenters. The lowest BCUT2D eigenvalue weighted by atomic mass is 9.97. The van der Waals surface area contributed by atoms with Gasteiger partial charge in [0.15, 0.2) is 5.78 Å². The standard InChI is InChI=1S/C22H18O2/c1-14-8-10-19-21(15(14)2)18-11-9-17(12-20(18)22(19)23)24-13-16-6-4-3-5-7-16/h3-12H,13H2,1-2H3. The normalized spacial score (nSPS) is 12.0. The van der Waals surface area contributed by atoms with E-state index in [1.165, 1.54) is 11.1 Å². The summed E-state index contributed by atoms with van der Waals surface area (Å²) in [6.07, 6.45) is 0. The zero-order valence-corrected chi connectivity index (χ0v) is 13.8. The number of rotatable bonds is 3. The van der Waals surface area contributed by atoms with Gasteiger partial charge in [0.05, 0.1) is 0 Å². The first-order valence-corrected chi connectivity index (χ1v) is 8.11. The average molecular weight is 314 g/mol. The first-order valence-electron chi connectivity index (χ1n) is 8.11. The summed E-state index contributed by atoms with van der Waals surface area (Å²) in [4.78, 5) is 12.7. The van der Waals surface area contributed by atoms with E-state index in [9.17, 15) is 4.79 Å². The zero-order chi connectivity index (χ0) is 16.7. The fourth-order valence-electron chi connectivity index (χ4n) is 3.26. The lowest BCUT2D eigenvalue weighted by Crippen LogP contribution is -1.98. The Balaban J connectivity index is 1.67. The second-order valence-electron chi connectivity index (χ2n) is 6.24. The highest BCUT2D eigenvalue weighted by molar-refractivity contribution is 6.22. The van der Waals surface area contributed by atoms with Crippen LogP contribution in [0.2, 0.25) is 0 Å². The molecule has 118 valence electrons. The van der Waals surface area contributed by atoms with Crippen LogP contribution in [0, 0.1) is 13.8 Å². The van der Waals surface area contributed by atoms with E-state index in [2.05, 4.69) is 13.8 Å². The van der Waals surface area contributed by atoms with E-state index in [0.717, 1.165) is 33.6 Å². The minimum Gasteiger partial charge on any atom is -0.489 e. The van der Waals surface area contributed by atoms with E-state index in [0.29, 0.717) is 6.61 Å². The Hall–Kier alpha value is -2.87. The maximum atomic E-state index is 12.7. The quantitative estimate of drug-likeness (QED) is 0.526. The largest absolute Gasteiger partial charge is 0.489 e. The van der Waals surface area contributed by atoms with Crippen LogP contribution in [0.3, 0.4) is 0 Å². The number of aryl methyl sites for hydroxylation is 1. The maximum Gasteiger partial charge on any atom is 0.194 e. The van der Waals surface area contributed by atoms with Gasteiger partial charge in [-0.25, -0.2) is 0 Å². The molecule has 0 fully saturated rings. The molecule has 1 aliphatic rings. The van der Waals surface area contributed by atoms with Crippen LogP contribution in [-0.2, 0) is 6.61 Å².